The number of furan rings is 1. The number of carbonyl (C=O) groups excluding carboxylic acids is 2. The number of nitrogens with one attached hydrogen (secondary N) is 1. The second-order valence-electron chi connectivity index (χ2n) is 6.40. The molecule has 0 radical (unpaired) electrons. The highest BCUT2D eigenvalue weighted by molar-refractivity contribution is 6.43. The minimum Gasteiger partial charge on any atom is -0.464 e. The number of ether oxygens (including phenoxy) is 1. The zero-order valence-electron chi connectivity index (χ0n) is 14.7. The van der Waals surface area contributed by atoms with E-state index < -0.39 is 19.2 Å². The first kappa shape index (κ1) is 19.0. The minimum absolute atomic E-state index is 0.0360. The van der Waals surface area contributed by atoms with Gasteiger partial charge >= 0.3 is 13.2 Å². The van der Waals surface area contributed by atoms with E-state index in [0.29, 0.717) is 12.1 Å². The quantitative estimate of drug-likeness (QED) is 0.491. The summed E-state index contributed by atoms with van der Waals surface area (Å²) in [5.74, 6) is -1.17. The normalized spacial score (nSPS) is 17.1. The zero-order chi connectivity index (χ0) is 19.4. The molecule has 9 heteroatoms. The summed E-state index contributed by atoms with van der Waals surface area (Å²) in [5, 5.41) is 22.5. The third kappa shape index (κ3) is 4.32. The maximum atomic E-state index is 12.0. The maximum Gasteiger partial charge on any atom is 0.475 e. The molecule has 2 aromatic rings. The number of hydrogen-bond donors (Lipinski definition) is 3. The van der Waals surface area contributed by atoms with Gasteiger partial charge in [-0.3, -0.25) is 4.79 Å². The molecule has 2 amide bonds. The molecule has 0 saturated carbocycles. The summed E-state index contributed by atoms with van der Waals surface area (Å²) in [4.78, 5) is 25.2. The second-order valence-corrected chi connectivity index (χ2v) is 6.40. The molecule has 1 aliphatic heterocycles. The monoisotopic (exact) mass is 372 g/mol. The summed E-state index contributed by atoms with van der Waals surface area (Å²) >= 11 is 0. The molecule has 8 nitrogen and oxygen atoms in total. The van der Waals surface area contributed by atoms with Gasteiger partial charge in [0.25, 0.3) is 0 Å². The lowest BCUT2D eigenvalue weighted by atomic mass is 9.76. The van der Waals surface area contributed by atoms with Crippen molar-refractivity contribution >= 4 is 30.1 Å². The van der Waals surface area contributed by atoms with Crippen molar-refractivity contribution in [1.29, 1.82) is 0 Å². The Morgan fingerprint density at radius 3 is 2.89 bits per heavy atom. The molecular weight excluding hydrogens is 351 g/mol. The standard InChI is InChI=1S/C18H21BN2O6/c1-2-17(22)21-8-7-13(21)11-27-18(23)20-16(19(24)25)9-12-10-26-15-6-4-3-5-14(12)15/h2-6,10,13,16,24-25H,1,7-9,11H2,(H,20,23). The summed E-state index contributed by atoms with van der Waals surface area (Å²) in [6.07, 6.45) is 2.87. The molecule has 3 rings (SSSR count). The third-order valence-electron chi connectivity index (χ3n) is 4.67. The number of rotatable bonds is 7. The Hall–Kier alpha value is -2.78. The van der Waals surface area contributed by atoms with Crippen LogP contribution in [0.5, 0.6) is 0 Å². The van der Waals surface area contributed by atoms with Crippen LogP contribution in [0, 0.1) is 0 Å². The maximum absolute atomic E-state index is 12.0. The van der Waals surface area contributed by atoms with Crippen LogP contribution in [-0.2, 0) is 16.0 Å². The van der Waals surface area contributed by atoms with Gasteiger partial charge in [-0.25, -0.2) is 4.79 Å². The molecule has 1 aromatic heterocycles. The molecule has 0 spiro atoms. The van der Waals surface area contributed by atoms with Crippen LogP contribution >= 0.6 is 0 Å². The van der Waals surface area contributed by atoms with Gasteiger partial charge < -0.3 is 29.4 Å². The Labute approximate surface area is 156 Å². The fraction of sp³-hybridized carbons (Fsp3) is 0.333. The third-order valence-corrected chi connectivity index (χ3v) is 4.67. The molecule has 1 aliphatic rings. The highest BCUT2D eigenvalue weighted by Gasteiger charge is 2.33. The van der Waals surface area contributed by atoms with E-state index in [9.17, 15) is 19.6 Å². The van der Waals surface area contributed by atoms with Crippen LogP contribution < -0.4 is 5.32 Å². The van der Waals surface area contributed by atoms with Gasteiger partial charge in [-0.1, -0.05) is 24.8 Å². The average molecular weight is 372 g/mol. The summed E-state index contributed by atoms with van der Waals surface area (Å²) in [6, 6.07) is 7.17. The van der Waals surface area contributed by atoms with E-state index in [4.69, 9.17) is 9.15 Å². The Kier molecular flexibility index (Phi) is 5.83. The van der Waals surface area contributed by atoms with Crippen LogP contribution in [0.25, 0.3) is 11.0 Å². The van der Waals surface area contributed by atoms with E-state index >= 15 is 0 Å². The molecule has 2 heterocycles. The van der Waals surface area contributed by atoms with Gasteiger partial charge in [-0.2, -0.15) is 0 Å². The molecule has 27 heavy (non-hydrogen) atoms. The lowest BCUT2D eigenvalue weighted by Crippen LogP contribution is -2.54. The SMILES string of the molecule is C=CC(=O)N1CCC1COC(=O)NC(Cc1coc2ccccc12)B(O)O. The van der Waals surface area contributed by atoms with E-state index in [1.165, 1.54) is 12.3 Å². The van der Waals surface area contributed by atoms with Gasteiger partial charge in [-0.05, 0) is 30.5 Å². The lowest BCUT2D eigenvalue weighted by molar-refractivity contribution is -0.134. The highest BCUT2D eigenvalue weighted by Crippen LogP contribution is 2.22. The van der Waals surface area contributed by atoms with Crippen molar-refractivity contribution in [3.8, 4) is 0 Å². The minimum atomic E-state index is -1.77. The number of para-hydroxylation sites is 1. The summed E-state index contributed by atoms with van der Waals surface area (Å²) < 4.78 is 10.6. The van der Waals surface area contributed by atoms with E-state index in [2.05, 4.69) is 11.9 Å². The van der Waals surface area contributed by atoms with Crippen LogP contribution in [-0.4, -0.2) is 59.2 Å². The topological polar surface area (TPSA) is 112 Å². The van der Waals surface area contributed by atoms with Crippen molar-refractivity contribution in [3.05, 3.63) is 48.7 Å². The number of carbonyl (C=O) groups is 2. The smallest absolute Gasteiger partial charge is 0.464 e. The van der Waals surface area contributed by atoms with Crippen LogP contribution in [0.15, 0.2) is 47.6 Å². The molecule has 2 unspecified atom stereocenters. The molecule has 0 aliphatic carbocycles. The van der Waals surface area contributed by atoms with Crippen molar-refractivity contribution in [1.82, 2.24) is 10.2 Å². The van der Waals surface area contributed by atoms with Crippen molar-refractivity contribution in [3.63, 3.8) is 0 Å². The second kappa shape index (κ2) is 8.28. The summed E-state index contributed by atoms with van der Waals surface area (Å²) in [5.41, 5.74) is 1.42. The Morgan fingerprint density at radius 2 is 2.22 bits per heavy atom. The number of nitrogens with zero attached hydrogens (tertiary/aromatic N) is 1. The largest absolute Gasteiger partial charge is 0.475 e. The van der Waals surface area contributed by atoms with E-state index in [-0.39, 0.29) is 25.0 Å². The first-order chi connectivity index (χ1) is 13.0. The predicted molar refractivity (Wildman–Crippen MR) is 98.7 cm³/mol. The molecule has 142 valence electrons. The van der Waals surface area contributed by atoms with Crippen molar-refractivity contribution in [2.75, 3.05) is 13.2 Å². The molecule has 0 bridgehead atoms. The molecule has 1 fully saturated rings. The first-order valence-electron chi connectivity index (χ1n) is 8.67. The van der Waals surface area contributed by atoms with E-state index in [0.717, 1.165) is 17.4 Å². The van der Waals surface area contributed by atoms with Crippen molar-refractivity contribution in [2.24, 2.45) is 0 Å². The number of alkyl carbamates (subject to hydrolysis) is 1. The van der Waals surface area contributed by atoms with Gasteiger partial charge in [0.1, 0.15) is 12.2 Å². The van der Waals surface area contributed by atoms with E-state index in [1.54, 1.807) is 11.0 Å². The molecule has 2 atom stereocenters. The van der Waals surface area contributed by atoms with Crippen LogP contribution in [0.3, 0.4) is 0 Å². The Bertz CT molecular complexity index is 836. The molecule has 1 saturated heterocycles. The van der Waals surface area contributed by atoms with Gasteiger partial charge in [0.15, 0.2) is 0 Å². The first-order valence-corrected chi connectivity index (χ1v) is 8.67. The molecular formula is C18H21BN2O6. The predicted octanol–water partition coefficient (Wildman–Crippen LogP) is 0.869. The zero-order valence-corrected chi connectivity index (χ0v) is 14.7. The van der Waals surface area contributed by atoms with Crippen molar-refractivity contribution in [2.45, 2.75) is 24.8 Å². The average Bonchev–Trinajstić information content (AvgIpc) is 3.03. The molecule has 3 N–H and O–H groups in total. The fourth-order valence-electron chi connectivity index (χ4n) is 3.05. The Morgan fingerprint density at radius 1 is 1.44 bits per heavy atom. The van der Waals surface area contributed by atoms with E-state index in [1.807, 2.05) is 18.2 Å². The molecule has 1 aromatic carbocycles. The van der Waals surface area contributed by atoms with Gasteiger partial charge in [-0.15, -0.1) is 0 Å². The number of hydrogen-bond acceptors (Lipinski definition) is 6. The summed E-state index contributed by atoms with van der Waals surface area (Å²) in [6.45, 7) is 4.07. The number of amides is 2. The summed E-state index contributed by atoms with van der Waals surface area (Å²) in [7, 11) is -1.77. The fourth-order valence-corrected chi connectivity index (χ4v) is 3.05. The van der Waals surface area contributed by atoms with Gasteiger partial charge in [0, 0.05) is 11.9 Å². The van der Waals surface area contributed by atoms with Crippen molar-refractivity contribution < 1.29 is 28.8 Å². The van der Waals surface area contributed by atoms with Crippen LogP contribution in [0.4, 0.5) is 4.79 Å². The number of benzene rings is 1. The van der Waals surface area contributed by atoms with Gasteiger partial charge in [0.2, 0.25) is 5.91 Å². The lowest BCUT2D eigenvalue weighted by Gasteiger charge is -2.39. The number of likely N-dealkylation sites (tertiary alicyclic amines) is 1. The van der Waals surface area contributed by atoms with Gasteiger partial charge in [0.05, 0.1) is 18.2 Å². The highest BCUT2D eigenvalue weighted by atomic mass is 16.5. The van der Waals surface area contributed by atoms with Crippen LogP contribution in [0.2, 0.25) is 0 Å². The van der Waals surface area contributed by atoms with Crippen LogP contribution in [0.1, 0.15) is 12.0 Å². The number of fused-ring (bicyclic) bond motifs is 1. The Balaban J connectivity index is 1.55.